The summed E-state index contributed by atoms with van der Waals surface area (Å²) < 4.78 is 11.2. The summed E-state index contributed by atoms with van der Waals surface area (Å²) in [5.41, 5.74) is 0.461. The van der Waals surface area contributed by atoms with Gasteiger partial charge in [0, 0.05) is 38.3 Å². The maximum atomic E-state index is 12.6. The van der Waals surface area contributed by atoms with Crippen LogP contribution >= 0.6 is 0 Å². The van der Waals surface area contributed by atoms with Crippen LogP contribution in [0.1, 0.15) is 27.9 Å². The predicted molar refractivity (Wildman–Crippen MR) is 104 cm³/mol. The summed E-state index contributed by atoms with van der Waals surface area (Å²) in [5, 5.41) is 16.9. The van der Waals surface area contributed by atoms with Crippen LogP contribution in [0.5, 0.6) is 0 Å². The number of anilines is 1. The number of hydrogen-bond donors (Lipinski definition) is 2. The number of aryl methyl sites for hydroxylation is 1. The molecule has 150 valence electrons. The third-order valence-corrected chi connectivity index (χ3v) is 4.76. The molecule has 1 atom stereocenters. The van der Waals surface area contributed by atoms with E-state index < -0.39 is 4.92 Å². The van der Waals surface area contributed by atoms with Crippen molar-refractivity contribution in [3.05, 3.63) is 57.5 Å². The molecule has 3 rings (SSSR count). The first-order chi connectivity index (χ1) is 13.5. The van der Waals surface area contributed by atoms with Crippen LogP contribution in [0.3, 0.4) is 0 Å². The van der Waals surface area contributed by atoms with Crippen molar-refractivity contribution in [2.45, 2.75) is 13.0 Å². The first kappa shape index (κ1) is 19.8. The molecule has 0 saturated carbocycles. The normalized spacial score (nSPS) is 15.8. The topological polar surface area (TPSA) is 110 Å². The zero-order valence-corrected chi connectivity index (χ0v) is 15.9. The van der Waals surface area contributed by atoms with Crippen LogP contribution in [0, 0.1) is 17.0 Å². The highest BCUT2D eigenvalue weighted by Crippen LogP contribution is 2.26. The Hall–Kier alpha value is -2.91. The van der Waals surface area contributed by atoms with Crippen LogP contribution in [-0.2, 0) is 4.74 Å². The number of benzene rings is 1. The quantitative estimate of drug-likeness (QED) is 0.553. The van der Waals surface area contributed by atoms with Crippen LogP contribution in [0.2, 0.25) is 0 Å². The minimum absolute atomic E-state index is 0.131. The fourth-order valence-electron chi connectivity index (χ4n) is 3.26. The molecule has 0 bridgehead atoms. The van der Waals surface area contributed by atoms with Gasteiger partial charge in [0.25, 0.3) is 11.6 Å². The summed E-state index contributed by atoms with van der Waals surface area (Å²) >= 11 is 0. The summed E-state index contributed by atoms with van der Waals surface area (Å²) in [5.74, 6) is 1.21. The molecule has 1 aliphatic heterocycles. The highest BCUT2D eigenvalue weighted by molar-refractivity contribution is 5.95. The predicted octanol–water partition coefficient (Wildman–Crippen LogP) is 2.34. The van der Waals surface area contributed by atoms with E-state index in [1.54, 1.807) is 13.1 Å². The Morgan fingerprint density at radius 1 is 1.29 bits per heavy atom. The lowest BCUT2D eigenvalue weighted by molar-refractivity contribution is -0.384. The van der Waals surface area contributed by atoms with Gasteiger partial charge in [0.2, 0.25) is 0 Å². The standard InChI is InChI=1S/C19H24N4O5/c1-13-3-6-18(28-13)17(22-7-9-27-10-8-22)12-21-19(24)14-4-5-15(20-2)16(11-14)23(25)26/h3-6,11,17,20H,7-10,12H2,1-2H3,(H,21,24). The van der Waals surface area contributed by atoms with E-state index >= 15 is 0 Å². The third kappa shape index (κ3) is 4.49. The average molecular weight is 388 g/mol. The van der Waals surface area contributed by atoms with E-state index in [2.05, 4.69) is 15.5 Å². The Balaban J connectivity index is 1.74. The lowest BCUT2D eigenvalue weighted by Gasteiger charge is -2.33. The second-order valence-electron chi connectivity index (χ2n) is 6.56. The molecular weight excluding hydrogens is 364 g/mol. The summed E-state index contributed by atoms with van der Waals surface area (Å²) in [6.45, 7) is 4.93. The molecule has 0 radical (unpaired) electrons. The number of nitro benzene ring substituents is 1. The van der Waals surface area contributed by atoms with Gasteiger partial charge in [0.15, 0.2) is 0 Å². The van der Waals surface area contributed by atoms with Crippen molar-refractivity contribution >= 4 is 17.3 Å². The molecule has 28 heavy (non-hydrogen) atoms. The van der Waals surface area contributed by atoms with Gasteiger partial charge in [-0.2, -0.15) is 0 Å². The number of nitrogens with one attached hydrogen (secondary N) is 2. The number of furan rings is 1. The minimum atomic E-state index is -0.509. The number of carbonyl (C=O) groups is 1. The van der Waals surface area contributed by atoms with Crippen LogP contribution in [-0.4, -0.2) is 55.6 Å². The molecule has 9 nitrogen and oxygen atoms in total. The summed E-state index contributed by atoms with van der Waals surface area (Å²) in [4.78, 5) is 25.5. The van der Waals surface area contributed by atoms with E-state index in [-0.39, 0.29) is 23.2 Å². The second kappa shape index (κ2) is 8.85. The molecule has 1 fully saturated rings. The second-order valence-corrected chi connectivity index (χ2v) is 6.56. The van der Waals surface area contributed by atoms with Gasteiger partial charge in [0.05, 0.1) is 24.2 Å². The average Bonchev–Trinajstić information content (AvgIpc) is 3.14. The Morgan fingerprint density at radius 2 is 2.04 bits per heavy atom. The van der Waals surface area contributed by atoms with Crippen molar-refractivity contribution in [3.8, 4) is 0 Å². The van der Waals surface area contributed by atoms with E-state index in [0.717, 1.165) is 24.6 Å². The number of rotatable bonds is 7. The van der Waals surface area contributed by atoms with E-state index in [1.807, 2.05) is 19.1 Å². The number of carbonyl (C=O) groups excluding carboxylic acids is 1. The molecular formula is C19H24N4O5. The molecule has 2 heterocycles. The fourth-order valence-corrected chi connectivity index (χ4v) is 3.26. The van der Waals surface area contributed by atoms with E-state index in [0.29, 0.717) is 25.4 Å². The molecule has 1 aromatic heterocycles. The van der Waals surface area contributed by atoms with Gasteiger partial charge in [0.1, 0.15) is 17.2 Å². The van der Waals surface area contributed by atoms with Crippen molar-refractivity contribution in [3.63, 3.8) is 0 Å². The van der Waals surface area contributed by atoms with Gasteiger partial charge in [-0.3, -0.25) is 19.8 Å². The maximum absolute atomic E-state index is 12.6. The van der Waals surface area contributed by atoms with Crippen molar-refractivity contribution in [2.24, 2.45) is 0 Å². The molecule has 0 spiro atoms. The molecule has 1 aromatic carbocycles. The van der Waals surface area contributed by atoms with Crippen molar-refractivity contribution in [1.82, 2.24) is 10.2 Å². The highest BCUT2D eigenvalue weighted by atomic mass is 16.6. The molecule has 1 unspecified atom stereocenters. The first-order valence-electron chi connectivity index (χ1n) is 9.12. The van der Waals surface area contributed by atoms with Gasteiger partial charge in [-0.25, -0.2) is 0 Å². The number of amides is 1. The lowest BCUT2D eigenvalue weighted by atomic mass is 10.1. The molecule has 1 aliphatic rings. The summed E-state index contributed by atoms with van der Waals surface area (Å²) in [7, 11) is 1.60. The Labute approximate surface area is 162 Å². The van der Waals surface area contributed by atoms with Gasteiger partial charge < -0.3 is 19.8 Å². The van der Waals surface area contributed by atoms with Gasteiger partial charge >= 0.3 is 0 Å². The van der Waals surface area contributed by atoms with Crippen LogP contribution in [0.25, 0.3) is 0 Å². The molecule has 0 aliphatic carbocycles. The van der Waals surface area contributed by atoms with Crippen LogP contribution in [0.4, 0.5) is 11.4 Å². The van der Waals surface area contributed by atoms with Crippen molar-refractivity contribution in [2.75, 3.05) is 45.2 Å². The molecule has 2 N–H and O–H groups in total. The fraction of sp³-hybridized carbons (Fsp3) is 0.421. The van der Waals surface area contributed by atoms with Crippen LogP contribution < -0.4 is 10.6 Å². The summed E-state index contributed by atoms with van der Waals surface area (Å²) in [6.07, 6.45) is 0. The Morgan fingerprint density at radius 3 is 2.64 bits per heavy atom. The molecule has 9 heteroatoms. The van der Waals surface area contributed by atoms with Gasteiger partial charge in [-0.05, 0) is 31.2 Å². The van der Waals surface area contributed by atoms with Crippen molar-refractivity contribution < 1.29 is 18.9 Å². The van der Waals surface area contributed by atoms with Gasteiger partial charge in [-0.1, -0.05) is 0 Å². The monoisotopic (exact) mass is 388 g/mol. The Kier molecular flexibility index (Phi) is 6.27. The Bertz CT molecular complexity index is 845. The highest BCUT2D eigenvalue weighted by Gasteiger charge is 2.26. The third-order valence-electron chi connectivity index (χ3n) is 4.76. The van der Waals surface area contributed by atoms with E-state index in [9.17, 15) is 14.9 Å². The number of ether oxygens (including phenoxy) is 1. The largest absolute Gasteiger partial charge is 0.465 e. The summed E-state index contributed by atoms with van der Waals surface area (Å²) in [6, 6.07) is 8.05. The van der Waals surface area contributed by atoms with Gasteiger partial charge in [-0.15, -0.1) is 0 Å². The van der Waals surface area contributed by atoms with E-state index in [1.165, 1.54) is 12.1 Å². The smallest absolute Gasteiger partial charge is 0.293 e. The zero-order valence-electron chi connectivity index (χ0n) is 15.9. The molecule has 1 saturated heterocycles. The lowest BCUT2D eigenvalue weighted by Crippen LogP contribution is -2.43. The van der Waals surface area contributed by atoms with Crippen LogP contribution in [0.15, 0.2) is 34.7 Å². The van der Waals surface area contributed by atoms with E-state index in [4.69, 9.17) is 9.15 Å². The SMILES string of the molecule is CNc1ccc(C(=O)NCC(c2ccc(C)o2)N2CCOCC2)cc1[N+](=O)[O-]. The zero-order chi connectivity index (χ0) is 20.1. The first-order valence-corrected chi connectivity index (χ1v) is 9.12. The number of nitro groups is 1. The van der Waals surface area contributed by atoms with Crippen molar-refractivity contribution in [1.29, 1.82) is 0 Å². The number of hydrogen-bond acceptors (Lipinski definition) is 7. The minimum Gasteiger partial charge on any atom is -0.465 e. The molecule has 1 amide bonds. The molecule has 2 aromatic rings. The maximum Gasteiger partial charge on any atom is 0.293 e. The number of nitrogens with zero attached hydrogens (tertiary/aromatic N) is 2. The number of morpholine rings is 1.